The number of rotatable bonds is 3. The van der Waals surface area contributed by atoms with Crippen LogP contribution < -0.4 is 9.64 Å². The number of anilines is 1. The molecule has 0 spiro atoms. The van der Waals surface area contributed by atoms with Crippen LogP contribution in [0.5, 0.6) is 5.75 Å². The Bertz CT molecular complexity index is 707. The summed E-state index contributed by atoms with van der Waals surface area (Å²) in [5, 5.41) is 0. The van der Waals surface area contributed by atoms with Crippen LogP contribution in [0.4, 0.5) is 5.69 Å². The second kappa shape index (κ2) is 5.33. The molecule has 0 saturated heterocycles. The summed E-state index contributed by atoms with van der Waals surface area (Å²) < 4.78 is 6.27. The van der Waals surface area contributed by atoms with Gasteiger partial charge in [0.15, 0.2) is 0 Å². The average molecular weight is 346 g/mol. The maximum absolute atomic E-state index is 12.4. The second-order valence-corrected chi connectivity index (χ2v) is 5.39. The maximum atomic E-state index is 12.4. The van der Waals surface area contributed by atoms with Crippen LogP contribution in [0.25, 0.3) is 0 Å². The molecule has 0 aliphatic carbocycles. The molecule has 0 atom stereocenters. The van der Waals surface area contributed by atoms with Crippen LogP contribution in [0.2, 0.25) is 0 Å². The average Bonchev–Trinajstić information content (AvgIpc) is 2.74. The van der Waals surface area contributed by atoms with E-state index in [-0.39, 0.29) is 11.8 Å². The molecular weight excluding hydrogens is 334 g/mol. The Morgan fingerprint density at radius 2 is 1.67 bits per heavy atom. The Morgan fingerprint density at radius 3 is 2.24 bits per heavy atom. The molecule has 4 nitrogen and oxygen atoms in total. The lowest BCUT2D eigenvalue weighted by Crippen LogP contribution is -2.29. The molecule has 1 aliphatic heterocycles. The number of hydrogen-bond donors (Lipinski definition) is 0. The van der Waals surface area contributed by atoms with Crippen LogP contribution in [-0.4, -0.2) is 18.4 Å². The fourth-order valence-corrected chi connectivity index (χ4v) is 2.68. The van der Waals surface area contributed by atoms with Crippen molar-refractivity contribution in [2.45, 2.75) is 6.92 Å². The summed E-state index contributed by atoms with van der Waals surface area (Å²) in [7, 11) is 0. The minimum absolute atomic E-state index is 0.305. The molecule has 0 saturated carbocycles. The Balaban J connectivity index is 2.05. The van der Waals surface area contributed by atoms with E-state index in [1.54, 1.807) is 42.5 Å². The molecule has 0 unspecified atom stereocenters. The molecular formula is C16H12BrNO3. The first kappa shape index (κ1) is 13.8. The third-order valence-corrected chi connectivity index (χ3v) is 3.92. The number of fused-ring (bicyclic) bond motifs is 1. The van der Waals surface area contributed by atoms with Gasteiger partial charge in [-0.25, -0.2) is 4.90 Å². The number of carbonyl (C=O) groups excluding carboxylic acids is 2. The number of ether oxygens (including phenoxy) is 1. The Hall–Kier alpha value is -2.14. The van der Waals surface area contributed by atoms with Crippen molar-refractivity contribution in [2.75, 3.05) is 11.5 Å². The molecule has 0 radical (unpaired) electrons. The van der Waals surface area contributed by atoms with Crippen molar-refractivity contribution < 1.29 is 14.3 Å². The van der Waals surface area contributed by atoms with Gasteiger partial charge in [0.05, 0.1) is 27.9 Å². The molecule has 1 heterocycles. The standard InChI is InChI=1S/C16H12BrNO3/c1-2-21-14-9-10(7-8-13(14)17)18-15(19)11-5-3-4-6-12(11)16(18)20/h3-9H,2H2,1H3. The van der Waals surface area contributed by atoms with Crippen molar-refractivity contribution in [3.63, 3.8) is 0 Å². The number of benzene rings is 2. The Morgan fingerprint density at radius 1 is 1.05 bits per heavy atom. The van der Waals surface area contributed by atoms with E-state index in [0.717, 1.165) is 4.47 Å². The molecule has 0 fully saturated rings. The van der Waals surface area contributed by atoms with Gasteiger partial charge < -0.3 is 4.74 Å². The van der Waals surface area contributed by atoms with Gasteiger partial charge in [-0.05, 0) is 47.1 Å². The van der Waals surface area contributed by atoms with E-state index in [4.69, 9.17) is 4.74 Å². The van der Waals surface area contributed by atoms with E-state index in [1.807, 2.05) is 6.92 Å². The number of carbonyl (C=O) groups is 2. The van der Waals surface area contributed by atoms with E-state index >= 15 is 0 Å². The molecule has 2 aromatic carbocycles. The summed E-state index contributed by atoms with van der Waals surface area (Å²) >= 11 is 3.39. The number of halogens is 1. The van der Waals surface area contributed by atoms with Gasteiger partial charge in [-0.15, -0.1) is 0 Å². The summed E-state index contributed by atoms with van der Waals surface area (Å²) in [5.74, 6) is -0.00713. The number of hydrogen-bond acceptors (Lipinski definition) is 3. The fraction of sp³-hybridized carbons (Fsp3) is 0.125. The Labute approximate surface area is 130 Å². The summed E-state index contributed by atoms with van der Waals surface area (Å²) in [6.45, 7) is 2.38. The highest BCUT2D eigenvalue weighted by atomic mass is 79.9. The van der Waals surface area contributed by atoms with Gasteiger partial charge >= 0.3 is 0 Å². The van der Waals surface area contributed by atoms with Crippen molar-refractivity contribution in [1.29, 1.82) is 0 Å². The second-order valence-electron chi connectivity index (χ2n) is 4.54. The number of imide groups is 1. The largest absolute Gasteiger partial charge is 0.493 e. The van der Waals surface area contributed by atoms with Gasteiger partial charge in [-0.1, -0.05) is 12.1 Å². The zero-order chi connectivity index (χ0) is 15.0. The zero-order valence-corrected chi connectivity index (χ0v) is 12.9. The molecule has 0 bridgehead atoms. The van der Waals surface area contributed by atoms with Crippen LogP contribution in [-0.2, 0) is 0 Å². The first-order chi connectivity index (χ1) is 10.1. The van der Waals surface area contributed by atoms with E-state index in [2.05, 4.69) is 15.9 Å². The quantitative estimate of drug-likeness (QED) is 0.797. The van der Waals surface area contributed by atoms with Crippen LogP contribution in [0.3, 0.4) is 0 Å². The third kappa shape index (κ3) is 2.23. The van der Waals surface area contributed by atoms with Crippen molar-refractivity contribution in [3.8, 4) is 5.75 Å². The fourth-order valence-electron chi connectivity index (χ4n) is 2.32. The topological polar surface area (TPSA) is 46.6 Å². The van der Waals surface area contributed by atoms with Gasteiger partial charge in [-0.3, -0.25) is 9.59 Å². The highest BCUT2D eigenvalue weighted by Crippen LogP contribution is 2.34. The molecule has 5 heteroatoms. The highest BCUT2D eigenvalue weighted by molar-refractivity contribution is 9.10. The molecule has 2 aromatic rings. The number of nitrogens with zero attached hydrogens (tertiary/aromatic N) is 1. The van der Waals surface area contributed by atoms with E-state index in [0.29, 0.717) is 29.2 Å². The predicted molar refractivity (Wildman–Crippen MR) is 82.9 cm³/mol. The van der Waals surface area contributed by atoms with E-state index < -0.39 is 0 Å². The van der Waals surface area contributed by atoms with E-state index in [9.17, 15) is 9.59 Å². The van der Waals surface area contributed by atoms with Crippen molar-refractivity contribution in [3.05, 3.63) is 58.1 Å². The lowest BCUT2D eigenvalue weighted by Gasteiger charge is -2.16. The van der Waals surface area contributed by atoms with Gasteiger partial charge in [0.1, 0.15) is 5.75 Å². The highest BCUT2D eigenvalue weighted by Gasteiger charge is 2.36. The minimum atomic E-state index is -0.305. The van der Waals surface area contributed by atoms with Crippen LogP contribution in [0.15, 0.2) is 46.9 Å². The maximum Gasteiger partial charge on any atom is 0.266 e. The van der Waals surface area contributed by atoms with Crippen LogP contribution in [0.1, 0.15) is 27.6 Å². The smallest absolute Gasteiger partial charge is 0.266 e. The summed E-state index contributed by atoms with van der Waals surface area (Å²) in [6, 6.07) is 12.0. The van der Waals surface area contributed by atoms with Gasteiger partial charge in [0.25, 0.3) is 11.8 Å². The van der Waals surface area contributed by atoms with Crippen molar-refractivity contribution >= 4 is 33.4 Å². The van der Waals surface area contributed by atoms with Crippen LogP contribution >= 0.6 is 15.9 Å². The summed E-state index contributed by atoms with van der Waals surface area (Å²) in [6.07, 6.45) is 0. The molecule has 2 amide bonds. The van der Waals surface area contributed by atoms with E-state index in [1.165, 1.54) is 4.90 Å². The molecule has 21 heavy (non-hydrogen) atoms. The van der Waals surface area contributed by atoms with Crippen LogP contribution in [0, 0.1) is 0 Å². The van der Waals surface area contributed by atoms with Crippen molar-refractivity contribution in [1.82, 2.24) is 0 Å². The molecule has 1 aliphatic rings. The molecule has 0 aromatic heterocycles. The third-order valence-electron chi connectivity index (χ3n) is 3.27. The lowest BCUT2D eigenvalue weighted by molar-refractivity contribution is 0.0926. The molecule has 0 N–H and O–H groups in total. The summed E-state index contributed by atoms with van der Waals surface area (Å²) in [5.41, 5.74) is 1.37. The normalized spacial score (nSPS) is 13.5. The SMILES string of the molecule is CCOc1cc(N2C(=O)c3ccccc3C2=O)ccc1Br. The zero-order valence-electron chi connectivity index (χ0n) is 11.3. The van der Waals surface area contributed by atoms with Gasteiger partial charge in [0.2, 0.25) is 0 Å². The molecule has 106 valence electrons. The van der Waals surface area contributed by atoms with Crippen molar-refractivity contribution in [2.24, 2.45) is 0 Å². The lowest BCUT2D eigenvalue weighted by atomic mass is 10.1. The minimum Gasteiger partial charge on any atom is -0.493 e. The first-order valence-electron chi connectivity index (χ1n) is 6.53. The Kier molecular flexibility index (Phi) is 3.51. The predicted octanol–water partition coefficient (Wildman–Crippen LogP) is 3.65. The molecule has 3 rings (SSSR count). The monoisotopic (exact) mass is 345 g/mol. The van der Waals surface area contributed by atoms with Gasteiger partial charge in [0, 0.05) is 6.07 Å². The summed E-state index contributed by atoms with van der Waals surface area (Å²) in [4.78, 5) is 26.0. The first-order valence-corrected chi connectivity index (χ1v) is 7.33. The van der Waals surface area contributed by atoms with Gasteiger partial charge in [-0.2, -0.15) is 0 Å². The number of amides is 2.